The Bertz CT molecular complexity index is 771. The minimum atomic E-state index is -0.595. The van der Waals surface area contributed by atoms with E-state index >= 15 is 0 Å². The summed E-state index contributed by atoms with van der Waals surface area (Å²) in [4.78, 5) is 26.1. The minimum Gasteiger partial charge on any atom is -0.365 e. The van der Waals surface area contributed by atoms with Crippen molar-refractivity contribution in [3.05, 3.63) is 59.7 Å². The number of nitrogens with one attached hydrogen (secondary N) is 1. The maximum absolute atomic E-state index is 12.6. The molecule has 4 nitrogen and oxygen atoms in total. The molecule has 1 heterocycles. The zero-order chi connectivity index (χ0) is 17.3. The third-order valence-corrected chi connectivity index (χ3v) is 4.92. The molecule has 0 radical (unpaired) electrons. The number of nitrogens with zero attached hydrogens (tertiary/aromatic N) is 1. The van der Waals surface area contributed by atoms with E-state index in [1.54, 1.807) is 6.07 Å². The predicted octanol–water partition coefficient (Wildman–Crippen LogP) is 4.76. The van der Waals surface area contributed by atoms with Gasteiger partial charge in [0, 0.05) is 5.69 Å². The quantitative estimate of drug-likeness (QED) is 0.872. The highest BCUT2D eigenvalue weighted by Gasteiger charge is 2.40. The summed E-state index contributed by atoms with van der Waals surface area (Å²) in [5.41, 5.74) is 3.71. The van der Waals surface area contributed by atoms with Crippen molar-refractivity contribution >= 4 is 34.3 Å². The lowest BCUT2D eigenvalue weighted by Gasteiger charge is -2.15. The molecule has 1 unspecified atom stereocenters. The van der Waals surface area contributed by atoms with Gasteiger partial charge in [0.15, 0.2) is 5.37 Å². The largest absolute Gasteiger partial charge is 0.365 e. The van der Waals surface area contributed by atoms with Crippen LogP contribution in [0, 0.1) is 6.92 Å². The number of amides is 2. The zero-order valence-corrected chi connectivity index (χ0v) is 14.8. The molecule has 0 bridgehead atoms. The molecule has 1 N–H and O–H groups in total. The SMILES string of the molecule is Cc1cccc(N2C(=O)SC(Nc3ccc(C(C)C)cc3)C2=O)c1. The molecule has 24 heavy (non-hydrogen) atoms. The third-order valence-electron chi connectivity index (χ3n) is 3.98. The van der Waals surface area contributed by atoms with Gasteiger partial charge in [-0.2, -0.15) is 0 Å². The number of hydrogen-bond donors (Lipinski definition) is 1. The number of carbonyl (C=O) groups excluding carboxylic acids is 2. The number of thioether (sulfide) groups is 1. The van der Waals surface area contributed by atoms with Crippen LogP contribution in [-0.4, -0.2) is 16.5 Å². The van der Waals surface area contributed by atoms with E-state index in [1.165, 1.54) is 10.5 Å². The van der Waals surface area contributed by atoms with Gasteiger partial charge in [0.25, 0.3) is 11.1 Å². The molecule has 3 rings (SSSR count). The van der Waals surface area contributed by atoms with Crippen LogP contribution >= 0.6 is 11.8 Å². The Morgan fingerprint density at radius 1 is 1.08 bits per heavy atom. The minimum absolute atomic E-state index is 0.233. The van der Waals surface area contributed by atoms with Crippen LogP contribution in [0.5, 0.6) is 0 Å². The summed E-state index contributed by atoms with van der Waals surface area (Å²) in [6.45, 7) is 6.21. The molecule has 1 saturated heterocycles. The summed E-state index contributed by atoms with van der Waals surface area (Å²) >= 11 is 1.01. The normalized spacial score (nSPS) is 17.7. The van der Waals surface area contributed by atoms with Crippen LogP contribution < -0.4 is 10.2 Å². The molecule has 2 aromatic rings. The summed E-state index contributed by atoms with van der Waals surface area (Å²) in [6, 6.07) is 15.4. The second-order valence-electron chi connectivity index (χ2n) is 6.20. The van der Waals surface area contributed by atoms with Crippen molar-refractivity contribution in [2.24, 2.45) is 0 Å². The molecule has 1 fully saturated rings. The second kappa shape index (κ2) is 6.69. The molecule has 0 aliphatic carbocycles. The van der Waals surface area contributed by atoms with Gasteiger partial charge in [-0.1, -0.05) is 38.1 Å². The second-order valence-corrected chi connectivity index (χ2v) is 7.25. The van der Waals surface area contributed by atoms with Gasteiger partial charge >= 0.3 is 0 Å². The van der Waals surface area contributed by atoms with E-state index in [9.17, 15) is 9.59 Å². The fraction of sp³-hybridized carbons (Fsp3) is 0.263. The summed E-state index contributed by atoms with van der Waals surface area (Å²) in [5, 5.41) is 2.31. The topological polar surface area (TPSA) is 49.4 Å². The molecule has 2 aromatic carbocycles. The van der Waals surface area contributed by atoms with E-state index in [4.69, 9.17) is 0 Å². The fourth-order valence-electron chi connectivity index (χ4n) is 2.62. The molecule has 0 saturated carbocycles. The van der Waals surface area contributed by atoms with Crippen LogP contribution in [0.15, 0.2) is 48.5 Å². The molecular weight excluding hydrogens is 320 g/mol. The van der Waals surface area contributed by atoms with Crippen molar-refractivity contribution in [2.75, 3.05) is 10.2 Å². The maximum atomic E-state index is 12.6. The highest BCUT2D eigenvalue weighted by molar-refractivity contribution is 8.16. The van der Waals surface area contributed by atoms with Crippen LogP contribution in [-0.2, 0) is 4.79 Å². The van der Waals surface area contributed by atoms with E-state index in [0.717, 1.165) is 23.0 Å². The smallest absolute Gasteiger partial charge is 0.295 e. The number of imide groups is 1. The Balaban J connectivity index is 1.76. The Kier molecular flexibility index (Phi) is 4.62. The summed E-state index contributed by atoms with van der Waals surface area (Å²) in [6.07, 6.45) is 0. The Labute approximate surface area is 146 Å². The van der Waals surface area contributed by atoms with Crippen molar-refractivity contribution in [3.63, 3.8) is 0 Å². The number of hydrogen-bond acceptors (Lipinski definition) is 4. The average molecular weight is 340 g/mol. The van der Waals surface area contributed by atoms with E-state index < -0.39 is 5.37 Å². The number of rotatable bonds is 4. The van der Waals surface area contributed by atoms with Crippen LogP contribution in [0.3, 0.4) is 0 Å². The summed E-state index contributed by atoms with van der Waals surface area (Å²) in [5.74, 6) is 0.225. The van der Waals surface area contributed by atoms with Gasteiger partial charge < -0.3 is 5.32 Å². The van der Waals surface area contributed by atoms with Gasteiger partial charge in [-0.05, 0) is 60.0 Å². The lowest BCUT2D eigenvalue weighted by Crippen LogP contribution is -2.34. The van der Waals surface area contributed by atoms with Gasteiger partial charge in [0.05, 0.1) is 5.69 Å². The number of benzene rings is 2. The first-order valence-electron chi connectivity index (χ1n) is 7.93. The van der Waals surface area contributed by atoms with Gasteiger partial charge in [0.2, 0.25) is 0 Å². The third kappa shape index (κ3) is 3.31. The number of aryl methyl sites for hydroxylation is 1. The lowest BCUT2D eigenvalue weighted by atomic mass is 10.0. The zero-order valence-electron chi connectivity index (χ0n) is 13.9. The Morgan fingerprint density at radius 2 is 1.79 bits per heavy atom. The van der Waals surface area contributed by atoms with Crippen LogP contribution in [0.4, 0.5) is 16.2 Å². The van der Waals surface area contributed by atoms with Crippen molar-refractivity contribution in [3.8, 4) is 0 Å². The standard InChI is InChI=1S/C19H20N2O2S/c1-12(2)14-7-9-15(10-8-14)20-17-18(22)21(19(23)24-17)16-6-4-5-13(3)11-16/h4-12,17,20H,1-3H3. The van der Waals surface area contributed by atoms with Crippen LogP contribution in [0.1, 0.15) is 30.9 Å². The van der Waals surface area contributed by atoms with E-state index in [1.807, 2.05) is 49.4 Å². The fourth-order valence-corrected chi connectivity index (χ4v) is 3.52. The molecule has 1 atom stereocenters. The summed E-state index contributed by atoms with van der Waals surface area (Å²) in [7, 11) is 0. The van der Waals surface area contributed by atoms with Gasteiger partial charge in [-0.25, -0.2) is 4.90 Å². The summed E-state index contributed by atoms with van der Waals surface area (Å²) < 4.78 is 0. The molecule has 0 aromatic heterocycles. The number of carbonyl (C=O) groups is 2. The highest BCUT2D eigenvalue weighted by atomic mass is 32.2. The van der Waals surface area contributed by atoms with E-state index in [-0.39, 0.29) is 11.1 Å². The van der Waals surface area contributed by atoms with Gasteiger partial charge in [-0.15, -0.1) is 0 Å². The molecule has 0 spiro atoms. The van der Waals surface area contributed by atoms with Crippen molar-refractivity contribution in [2.45, 2.75) is 32.1 Å². The van der Waals surface area contributed by atoms with Crippen LogP contribution in [0.25, 0.3) is 0 Å². The molecule has 1 aliphatic heterocycles. The molecule has 5 heteroatoms. The highest BCUT2D eigenvalue weighted by Crippen LogP contribution is 2.33. The molecule has 124 valence electrons. The molecule has 2 amide bonds. The van der Waals surface area contributed by atoms with Gasteiger partial charge in [0.1, 0.15) is 0 Å². The Morgan fingerprint density at radius 3 is 2.42 bits per heavy atom. The lowest BCUT2D eigenvalue weighted by molar-refractivity contribution is -0.116. The van der Waals surface area contributed by atoms with Gasteiger partial charge in [-0.3, -0.25) is 9.59 Å². The van der Waals surface area contributed by atoms with E-state index in [0.29, 0.717) is 11.6 Å². The maximum Gasteiger partial charge on any atom is 0.295 e. The average Bonchev–Trinajstić information content (AvgIpc) is 2.82. The van der Waals surface area contributed by atoms with Crippen molar-refractivity contribution in [1.82, 2.24) is 0 Å². The van der Waals surface area contributed by atoms with Crippen LogP contribution in [0.2, 0.25) is 0 Å². The molecule has 1 aliphatic rings. The van der Waals surface area contributed by atoms with E-state index in [2.05, 4.69) is 19.2 Å². The predicted molar refractivity (Wildman–Crippen MR) is 99.6 cm³/mol. The van der Waals surface area contributed by atoms with Crippen molar-refractivity contribution < 1.29 is 9.59 Å². The Hall–Kier alpha value is -2.27. The number of anilines is 2. The van der Waals surface area contributed by atoms with Crippen molar-refractivity contribution in [1.29, 1.82) is 0 Å². The molecular formula is C19H20N2O2S. The first kappa shape index (κ1) is 16.6. The monoisotopic (exact) mass is 340 g/mol. The first-order chi connectivity index (χ1) is 11.5. The first-order valence-corrected chi connectivity index (χ1v) is 8.81.